The summed E-state index contributed by atoms with van der Waals surface area (Å²) in [6, 6.07) is 20.4. The Morgan fingerprint density at radius 2 is 1.71 bits per heavy atom. The van der Waals surface area contributed by atoms with Gasteiger partial charge < -0.3 is 10.1 Å². The van der Waals surface area contributed by atoms with Crippen LogP contribution in [-0.4, -0.2) is 5.91 Å². The first-order valence-electron chi connectivity index (χ1n) is 9.63. The van der Waals surface area contributed by atoms with Crippen LogP contribution in [0.1, 0.15) is 33.2 Å². The third-order valence-electron chi connectivity index (χ3n) is 4.74. The number of benzene rings is 3. The highest BCUT2D eigenvalue weighted by atomic mass is 35.5. The van der Waals surface area contributed by atoms with E-state index >= 15 is 0 Å². The lowest BCUT2D eigenvalue weighted by atomic mass is 10.1. The second-order valence-corrected chi connectivity index (χ2v) is 7.80. The molecule has 0 aromatic heterocycles. The van der Waals surface area contributed by atoms with Crippen LogP contribution in [0, 0.1) is 0 Å². The summed E-state index contributed by atoms with van der Waals surface area (Å²) in [7, 11) is 0. The minimum absolute atomic E-state index is 0.0305. The molecule has 1 heterocycles. The molecular weight excluding hydrogens is 437 g/mol. The highest BCUT2D eigenvalue weighted by molar-refractivity contribution is 6.33. The summed E-state index contributed by atoms with van der Waals surface area (Å²) in [6.07, 6.45) is -0.0305. The number of halogens is 2. The fourth-order valence-corrected chi connectivity index (χ4v) is 3.50. The molecule has 1 aliphatic heterocycles. The van der Waals surface area contributed by atoms with Crippen LogP contribution in [0.2, 0.25) is 10.0 Å². The monoisotopic (exact) mass is 457 g/mol. The molecule has 7 nitrogen and oxygen atoms in total. The van der Waals surface area contributed by atoms with Crippen molar-refractivity contribution in [2.24, 2.45) is 0 Å². The molecule has 1 aliphatic rings. The molecule has 0 aliphatic carbocycles. The molecule has 1 fully saturated rings. The summed E-state index contributed by atoms with van der Waals surface area (Å²) in [6.45, 7) is 0.719. The van der Waals surface area contributed by atoms with Crippen LogP contribution in [0.15, 0.2) is 66.7 Å². The number of carbonyl (C=O) groups is 1. The van der Waals surface area contributed by atoms with Gasteiger partial charge in [-0.15, -0.1) is 0 Å². The van der Waals surface area contributed by atoms with E-state index in [-0.39, 0.29) is 12.1 Å². The van der Waals surface area contributed by atoms with Crippen molar-refractivity contribution in [3.63, 3.8) is 0 Å². The Bertz CT molecular complexity index is 1060. The molecule has 31 heavy (non-hydrogen) atoms. The standard InChI is InChI=1S/C22H21Cl2N5O2/c23-17-3-1-2-15(10-17)13-31-18-8-9-20(24)19(11-18)22(30)25-12-14-4-6-16(7-5-14)21-26-28-29-27-21/h1-11,21,26-29H,12-13H2,(H,25,30). The second-order valence-electron chi connectivity index (χ2n) is 6.96. The Labute approximate surface area is 190 Å². The van der Waals surface area contributed by atoms with Gasteiger partial charge >= 0.3 is 0 Å². The summed E-state index contributed by atoms with van der Waals surface area (Å²) in [5.41, 5.74) is 14.9. The molecule has 5 N–H and O–H groups in total. The Morgan fingerprint density at radius 1 is 0.935 bits per heavy atom. The highest BCUT2D eigenvalue weighted by Crippen LogP contribution is 2.23. The zero-order valence-electron chi connectivity index (χ0n) is 16.4. The van der Waals surface area contributed by atoms with Crippen LogP contribution in [-0.2, 0) is 13.2 Å². The van der Waals surface area contributed by atoms with Gasteiger partial charge in [-0.05, 0) is 47.0 Å². The molecule has 160 valence electrons. The van der Waals surface area contributed by atoms with E-state index < -0.39 is 0 Å². The van der Waals surface area contributed by atoms with Crippen LogP contribution in [0.5, 0.6) is 5.75 Å². The summed E-state index contributed by atoms with van der Waals surface area (Å²) in [4.78, 5) is 12.7. The number of hydrogen-bond donors (Lipinski definition) is 5. The molecule has 1 amide bonds. The summed E-state index contributed by atoms with van der Waals surface area (Å²) >= 11 is 12.2. The van der Waals surface area contributed by atoms with Crippen molar-refractivity contribution in [1.29, 1.82) is 0 Å². The maximum Gasteiger partial charge on any atom is 0.253 e. The number of nitrogens with one attached hydrogen (secondary N) is 5. The lowest BCUT2D eigenvalue weighted by Gasteiger charge is -2.12. The van der Waals surface area contributed by atoms with Gasteiger partial charge in [0.1, 0.15) is 18.5 Å². The summed E-state index contributed by atoms with van der Waals surface area (Å²) in [5, 5.41) is 3.91. The van der Waals surface area contributed by atoms with Gasteiger partial charge in [-0.1, -0.05) is 59.6 Å². The van der Waals surface area contributed by atoms with Gasteiger partial charge in [-0.25, -0.2) is 10.9 Å². The Morgan fingerprint density at radius 3 is 2.45 bits per heavy atom. The number of rotatable bonds is 7. The number of hydrazine groups is 3. The largest absolute Gasteiger partial charge is 0.489 e. The minimum Gasteiger partial charge on any atom is -0.489 e. The van der Waals surface area contributed by atoms with E-state index in [1.54, 1.807) is 24.3 Å². The van der Waals surface area contributed by atoms with Gasteiger partial charge in [0.25, 0.3) is 5.91 Å². The maximum absolute atomic E-state index is 12.7. The maximum atomic E-state index is 12.7. The van der Waals surface area contributed by atoms with Crippen molar-refractivity contribution >= 4 is 29.1 Å². The first-order chi connectivity index (χ1) is 15.1. The van der Waals surface area contributed by atoms with Crippen LogP contribution in [0.3, 0.4) is 0 Å². The SMILES string of the molecule is O=C(NCc1ccc(C2NNNN2)cc1)c1cc(OCc2cccc(Cl)c2)ccc1Cl. The van der Waals surface area contributed by atoms with Crippen molar-refractivity contribution in [1.82, 2.24) is 27.2 Å². The van der Waals surface area contributed by atoms with Gasteiger partial charge in [0.2, 0.25) is 0 Å². The van der Waals surface area contributed by atoms with E-state index in [9.17, 15) is 4.79 Å². The van der Waals surface area contributed by atoms with Gasteiger partial charge in [-0.2, -0.15) is 11.1 Å². The Hall–Kier alpha value is -2.65. The number of ether oxygens (including phenoxy) is 1. The number of amides is 1. The molecule has 4 rings (SSSR count). The van der Waals surface area contributed by atoms with Gasteiger partial charge in [-0.3, -0.25) is 4.79 Å². The third-order valence-corrected chi connectivity index (χ3v) is 5.30. The topological polar surface area (TPSA) is 86.5 Å². The first-order valence-corrected chi connectivity index (χ1v) is 10.4. The van der Waals surface area contributed by atoms with Crippen LogP contribution in [0.4, 0.5) is 0 Å². The molecule has 0 atom stereocenters. The lowest BCUT2D eigenvalue weighted by Crippen LogP contribution is -2.33. The molecule has 0 saturated carbocycles. The van der Waals surface area contributed by atoms with E-state index in [1.807, 2.05) is 42.5 Å². The zero-order chi connectivity index (χ0) is 21.6. The number of hydrogen-bond acceptors (Lipinski definition) is 6. The van der Waals surface area contributed by atoms with E-state index in [0.717, 1.165) is 16.7 Å². The molecule has 1 saturated heterocycles. The molecule has 3 aromatic rings. The molecule has 0 unspecified atom stereocenters. The van der Waals surface area contributed by atoms with Gasteiger partial charge in [0.05, 0.1) is 10.6 Å². The molecule has 3 aromatic carbocycles. The van der Waals surface area contributed by atoms with E-state index in [0.29, 0.717) is 34.5 Å². The summed E-state index contributed by atoms with van der Waals surface area (Å²) in [5.74, 6) is 0.285. The average molecular weight is 458 g/mol. The minimum atomic E-state index is -0.269. The Kier molecular flexibility index (Phi) is 7.03. The van der Waals surface area contributed by atoms with Crippen molar-refractivity contribution < 1.29 is 9.53 Å². The smallest absolute Gasteiger partial charge is 0.253 e. The zero-order valence-corrected chi connectivity index (χ0v) is 17.9. The fourth-order valence-electron chi connectivity index (χ4n) is 3.09. The van der Waals surface area contributed by atoms with E-state index in [2.05, 4.69) is 27.2 Å². The van der Waals surface area contributed by atoms with E-state index in [1.165, 1.54) is 0 Å². The third kappa shape index (κ3) is 5.74. The molecule has 0 radical (unpaired) electrons. The molecular formula is C22H21Cl2N5O2. The van der Waals surface area contributed by atoms with Crippen molar-refractivity contribution in [2.75, 3.05) is 0 Å². The lowest BCUT2D eigenvalue weighted by molar-refractivity contribution is 0.0950. The van der Waals surface area contributed by atoms with Crippen molar-refractivity contribution in [3.05, 3.63) is 99.0 Å². The van der Waals surface area contributed by atoms with Gasteiger partial charge in [0.15, 0.2) is 0 Å². The van der Waals surface area contributed by atoms with E-state index in [4.69, 9.17) is 27.9 Å². The second kappa shape index (κ2) is 10.1. The molecule has 9 heteroatoms. The van der Waals surface area contributed by atoms with Crippen LogP contribution >= 0.6 is 23.2 Å². The predicted octanol–water partition coefficient (Wildman–Crippen LogP) is 3.62. The van der Waals surface area contributed by atoms with Crippen molar-refractivity contribution in [2.45, 2.75) is 19.3 Å². The van der Waals surface area contributed by atoms with Crippen LogP contribution in [0.25, 0.3) is 0 Å². The Balaban J connectivity index is 1.35. The van der Waals surface area contributed by atoms with Gasteiger partial charge in [0, 0.05) is 11.6 Å². The number of carbonyl (C=O) groups excluding carboxylic acids is 1. The predicted molar refractivity (Wildman–Crippen MR) is 120 cm³/mol. The highest BCUT2D eigenvalue weighted by Gasteiger charge is 2.15. The quantitative estimate of drug-likeness (QED) is 0.372. The fraction of sp³-hybridized carbons (Fsp3) is 0.136. The van der Waals surface area contributed by atoms with Crippen molar-refractivity contribution in [3.8, 4) is 5.75 Å². The molecule has 0 spiro atoms. The van der Waals surface area contributed by atoms with Crippen LogP contribution < -0.4 is 32.0 Å². The summed E-state index contributed by atoms with van der Waals surface area (Å²) < 4.78 is 5.80. The first kappa shape index (κ1) is 21.6. The molecule has 0 bridgehead atoms. The normalized spacial score (nSPS) is 13.9. The average Bonchev–Trinajstić information content (AvgIpc) is 3.32.